The fraction of sp³-hybridized carbons (Fsp3) is 0.250. The van der Waals surface area contributed by atoms with Crippen LogP contribution in [0.15, 0.2) is 48.7 Å². The molecular weight excluding hydrogens is 305 g/mol. The van der Waals surface area contributed by atoms with Crippen molar-refractivity contribution in [1.82, 2.24) is 4.57 Å². The van der Waals surface area contributed by atoms with E-state index in [1.54, 1.807) is 12.3 Å². The Kier molecular flexibility index (Phi) is 4.94. The molecule has 3 aromatic rings. The second kappa shape index (κ2) is 7.30. The lowest BCUT2D eigenvalue weighted by molar-refractivity contribution is 0.112. The summed E-state index contributed by atoms with van der Waals surface area (Å²) in [5, 5.41) is 0.668. The van der Waals surface area contributed by atoms with Gasteiger partial charge in [0.25, 0.3) is 0 Å². The number of carbonyl (C=O) groups excluding carboxylic acids is 1. The molecule has 1 heterocycles. The van der Waals surface area contributed by atoms with Crippen LogP contribution in [0.3, 0.4) is 0 Å². The molecule has 0 aliphatic rings. The van der Waals surface area contributed by atoms with Crippen molar-refractivity contribution >= 4 is 17.2 Å². The summed E-state index contributed by atoms with van der Waals surface area (Å²) >= 11 is 0. The first kappa shape index (κ1) is 16.2. The number of hydrogen-bond acceptors (Lipinski definition) is 2. The number of hydrogen-bond donors (Lipinski definition) is 0. The van der Waals surface area contributed by atoms with Crippen LogP contribution in [-0.4, -0.2) is 17.5 Å². The lowest BCUT2D eigenvalue weighted by Gasteiger charge is -2.08. The van der Waals surface area contributed by atoms with Crippen molar-refractivity contribution in [3.63, 3.8) is 0 Å². The molecule has 0 radical (unpaired) electrons. The highest BCUT2D eigenvalue weighted by Gasteiger charge is 2.08. The second-order valence-electron chi connectivity index (χ2n) is 5.93. The number of fused-ring (bicyclic) bond motifs is 1. The Balaban J connectivity index is 1.57. The van der Waals surface area contributed by atoms with Crippen LogP contribution < -0.4 is 4.74 Å². The van der Waals surface area contributed by atoms with E-state index in [1.165, 1.54) is 17.7 Å². The summed E-state index contributed by atoms with van der Waals surface area (Å²) in [6.07, 6.45) is 4.40. The van der Waals surface area contributed by atoms with Gasteiger partial charge in [-0.05, 0) is 55.7 Å². The number of carbonyl (C=O) groups is 1. The molecule has 3 rings (SSSR count). The molecule has 2 aromatic carbocycles. The van der Waals surface area contributed by atoms with Gasteiger partial charge >= 0.3 is 0 Å². The van der Waals surface area contributed by atoms with Gasteiger partial charge in [-0.2, -0.15) is 0 Å². The standard InChI is InChI=1S/C20H20FNO2/c1-15-5-4-6-18(11-15)24-10-3-2-9-22-13-16(14-23)19-12-17(21)7-8-20(19)22/h4-8,11-14H,2-3,9-10H2,1H3. The Hall–Kier alpha value is -2.62. The van der Waals surface area contributed by atoms with Gasteiger partial charge in [-0.25, -0.2) is 4.39 Å². The van der Waals surface area contributed by atoms with E-state index < -0.39 is 0 Å². The molecule has 0 saturated heterocycles. The summed E-state index contributed by atoms with van der Waals surface area (Å²) in [6, 6.07) is 12.6. The molecular formula is C20H20FNO2. The first-order valence-corrected chi connectivity index (χ1v) is 8.10. The summed E-state index contributed by atoms with van der Waals surface area (Å²) in [5.41, 5.74) is 2.60. The summed E-state index contributed by atoms with van der Waals surface area (Å²) < 4.78 is 21.1. The lowest BCUT2D eigenvalue weighted by atomic mass is 10.2. The molecule has 0 amide bonds. The van der Waals surface area contributed by atoms with Crippen LogP contribution in [-0.2, 0) is 6.54 Å². The van der Waals surface area contributed by atoms with Gasteiger partial charge in [0.15, 0.2) is 6.29 Å². The zero-order valence-corrected chi connectivity index (χ0v) is 13.7. The average Bonchev–Trinajstić information content (AvgIpc) is 2.91. The maximum Gasteiger partial charge on any atom is 0.152 e. The highest BCUT2D eigenvalue weighted by molar-refractivity contribution is 5.97. The normalized spacial score (nSPS) is 10.9. The second-order valence-corrected chi connectivity index (χ2v) is 5.93. The summed E-state index contributed by atoms with van der Waals surface area (Å²) in [7, 11) is 0. The van der Waals surface area contributed by atoms with E-state index in [0.29, 0.717) is 17.6 Å². The van der Waals surface area contributed by atoms with Crippen LogP contribution in [0.5, 0.6) is 5.75 Å². The Morgan fingerprint density at radius 2 is 2.04 bits per heavy atom. The number of aryl methyl sites for hydroxylation is 2. The third-order valence-corrected chi connectivity index (χ3v) is 4.05. The zero-order chi connectivity index (χ0) is 16.9. The van der Waals surface area contributed by atoms with Crippen molar-refractivity contribution in [2.24, 2.45) is 0 Å². The first-order valence-electron chi connectivity index (χ1n) is 8.10. The molecule has 0 aliphatic heterocycles. The Labute approximate surface area is 140 Å². The molecule has 0 atom stereocenters. The van der Waals surface area contributed by atoms with Gasteiger partial charge in [0.1, 0.15) is 11.6 Å². The zero-order valence-electron chi connectivity index (χ0n) is 13.7. The molecule has 1 aromatic heterocycles. The van der Waals surface area contributed by atoms with Gasteiger partial charge in [0, 0.05) is 29.2 Å². The summed E-state index contributed by atoms with van der Waals surface area (Å²) in [4.78, 5) is 11.1. The molecule has 0 spiro atoms. The molecule has 0 unspecified atom stereocenters. The predicted molar refractivity (Wildman–Crippen MR) is 93.2 cm³/mol. The first-order chi connectivity index (χ1) is 11.7. The third-order valence-electron chi connectivity index (χ3n) is 4.05. The number of nitrogens with zero attached hydrogens (tertiary/aromatic N) is 1. The smallest absolute Gasteiger partial charge is 0.152 e. The molecule has 124 valence electrons. The molecule has 0 N–H and O–H groups in total. The van der Waals surface area contributed by atoms with Gasteiger partial charge in [0.2, 0.25) is 0 Å². The molecule has 0 fully saturated rings. The maximum atomic E-state index is 13.4. The highest BCUT2D eigenvalue weighted by Crippen LogP contribution is 2.22. The average molecular weight is 325 g/mol. The number of unbranched alkanes of at least 4 members (excludes halogenated alkanes) is 1. The SMILES string of the molecule is Cc1cccc(OCCCCn2cc(C=O)c3cc(F)ccc32)c1. The fourth-order valence-electron chi connectivity index (χ4n) is 2.86. The van der Waals surface area contributed by atoms with Gasteiger partial charge in [-0.1, -0.05) is 12.1 Å². The third kappa shape index (κ3) is 3.65. The predicted octanol–water partition coefficient (Wildman–Crippen LogP) is 4.76. The van der Waals surface area contributed by atoms with Crippen molar-refractivity contribution < 1.29 is 13.9 Å². The lowest BCUT2D eigenvalue weighted by Crippen LogP contribution is -2.01. The van der Waals surface area contributed by atoms with Gasteiger partial charge < -0.3 is 9.30 Å². The summed E-state index contributed by atoms with van der Waals surface area (Å²) in [6.45, 7) is 3.46. The van der Waals surface area contributed by atoms with Gasteiger partial charge in [0.05, 0.1) is 6.61 Å². The van der Waals surface area contributed by atoms with E-state index in [1.807, 2.05) is 35.8 Å². The van der Waals surface area contributed by atoms with Crippen LogP contribution in [0.2, 0.25) is 0 Å². The van der Waals surface area contributed by atoms with E-state index in [2.05, 4.69) is 0 Å². The minimum atomic E-state index is -0.324. The minimum absolute atomic E-state index is 0.324. The maximum absolute atomic E-state index is 13.4. The Bertz CT molecular complexity index is 854. The van der Waals surface area contributed by atoms with Crippen molar-refractivity contribution in [1.29, 1.82) is 0 Å². The number of benzene rings is 2. The molecule has 0 saturated carbocycles. The molecule has 24 heavy (non-hydrogen) atoms. The van der Waals surface area contributed by atoms with Crippen LogP contribution in [0.25, 0.3) is 10.9 Å². The quantitative estimate of drug-likeness (QED) is 0.463. The van der Waals surface area contributed by atoms with Crippen LogP contribution in [0.1, 0.15) is 28.8 Å². The van der Waals surface area contributed by atoms with E-state index in [4.69, 9.17) is 4.74 Å². The minimum Gasteiger partial charge on any atom is -0.494 e. The number of halogens is 1. The van der Waals surface area contributed by atoms with Crippen molar-refractivity contribution in [2.75, 3.05) is 6.61 Å². The Morgan fingerprint density at radius 1 is 1.17 bits per heavy atom. The largest absolute Gasteiger partial charge is 0.494 e. The molecule has 0 bridgehead atoms. The number of aldehydes is 1. The number of ether oxygens (including phenoxy) is 1. The Morgan fingerprint density at radius 3 is 2.83 bits per heavy atom. The monoisotopic (exact) mass is 325 g/mol. The molecule has 4 heteroatoms. The number of aromatic nitrogens is 1. The fourth-order valence-corrected chi connectivity index (χ4v) is 2.86. The highest BCUT2D eigenvalue weighted by atomic mass is 19.1. The van der Waals surface area contributed by atoms with Gasteiger partial charge in [-0.3, -0.25) is 4.79 Å². The van der Waals surface area contributed by atoms with E-state index in [-0.39, 0.29) is 5.82 Å². The topological polar surface area (TPSA) is 31.2 Å². The van der Waals surface area contributed by atoms with E-state index in [0.717, 1.165) is 36.9 Å². The van der Waals surface area contributed by atoms with Gasteiger partial charge in [-0.15, -0.1) is 0 Å². The van der Waals surface area contributed by atoms with Crippen molar-refractivity contribution in [3.05, 3.63) is 65.6 Å². The number of rotatable bonds is 7. The van der Waals surface area contributed by atoms with Crippen LogP contribution in [0, 0.1) is 12.7 Å². The van der Waals surface area contributed by atoms with E-state index >= 15 is 0 Å². The van der Waals surface area contributed by atoms with Crippen molar-refractivity contribution in [2.45, 2.75) is 26.3 Å². The summed E-state index contributed by atoms with van der Waals surface area (Å²) in [5.74, 6) is 0.565. The molecule has 3 nitrogen and oxygen atoms in total. The van der Waals surface area contributed by atoms with Crippen LogP contribution in [0.4, 0.5) is 4.39 Å². The van der Waals surface area contributed by atoms with Crippen LogP contribution >= 0.6 is 0 Å². The molecule has 0 aliphatic carbocycles. The van der Waals surface area contributed by atoms with Crippen molar-refractivity contribution in [3.8, 4) is 5.75 Å². The van der Waals surface area contributed by atoms with E-state index in [9.17, 15) is 9.18 Å².